The molecule has 0 fully saturated rings. The molecule has 0 saturated carbocycles. The Labute approximate surface area is 138 Å². The molecular formula is C16H15ClN4O2. The molecule has 2 heterocycles. The molecule has 2 aromatic heterocycles. The van der Waals surface area contributed by atoms with Gasteiger partial charge in [-0.1, -0.05) is 30.1 Å². The van der Waals surface area contributed by atoms with Crippen molar-refractivity contribution in [1.29, 1.82) is 0 Å². The van der Waals surface area contributed by atoms with Crippen LogP contribution in [0.25, 0.3) is 11.4 Å². The van der Waals surface area contributed by atoms with Crippen LogP contribution in [0.3, 0.4) is 0 Å². The van der Waals surface area contributed by atoms with E-state index in [-0.39, 0.29) is 0 Å². The van der Waals surface area contributed by atoms with E-state index in [1.54, 1.807) is 12.1 Å². The normalized spacial score (nSPS) is 10.7. The maximum atomic E-state index is 5.96. The standard InChI is InChI=1S/C16H15ClN4O2/c1-2-3-4-14-20-15(21-23-14)11-5-7-12(8-6-11)22-16-13(17)9-18-10-19-16/h5-10H,2-4H2,1H3. The van der Waals surface area contributed by atoms with E-state index in [0.717, 1.165) is 24.8 Å². The van der Waals surface area contributed by atoms with Crippen molar-refractivity contribution in [3.63, 3.8) is 0 Å². The van der Waals surface area contributed by atoms with Gasteiger partial charge in [0.1, 0.15) is 17.1 Å². The number of hydrogen-bond acceptors (Lipinski definition) is 6. The van der Waals surface area contributed by atoms with Crippen LogP contribution in [0.15, 0.2) is 41.3 Å². The average Bonchev–Trinajstić information content (AvgIpc) is 3.05. The van der Waals surface area contributed by atoms with Crippen molar-refractivity contribution in [1.82, 2.24) is 20.1 Å². The summed E-state index contributed by atoms with van der Waals surface area (Å²) in [7, 11) is 0. The van der Waals surface area contributed by atoms with Gasteiger partial charge in [0, 0.05) is 12.0 Å². The molecule has 0 aliphatic carbocycles. The van der Waals surface area contributed by atoms with Crippen LogP contribution in [0.4, 0.5) is 0 Å². The maximum absolute atomic E-state index is 5.96. The number of aryl methyl sites for hydroxylation is 1. The molecule has 0 unspecified atom stereocenters. The van der Waals surface area contributed by atoms with E-state index in [1.165, 1.54) is 12.5 Å². The van der Waals surface area contributed by atoms with E-state index in [0.29, 0.717) is 28.4 Å². The minimum absolute atomic E-state index is 0.316. The number of unbranched alkanes of at least 4 members (excludes halogenated alkanes) is 1. The molecule has 23 heavy (non-hydrogen) atoms. The van der Waals surface area contributed by atoms with Gasteiger partial charge in [-0.15, -0.1) is 0 Å². The fraction of sp³-hybridized carbons (Fsp3) is 0.250. The summed E-state index contributed by atoms with van der Waals surface area (Å²) < 4.78 is 10.8. The zero-order chi connectivity index (χ0) is 16.1. The lowest BCUT2D eigenvalue weighted by Gasteiger charge is -2.05. The van der Waals surface area contributed by atoms with E-state index < -0.39 is 0 Å². The topological polar surface area (TPSA) is 73.9 Å². The zero-order valence-electron chi connectivity index (χ0n) is 12.6. The summed E-state index contributed by atoms with van der Waals surface area (Å²) in [6.07, 6.45) is 5.79. The smallest absolute Gasteiger partial charge is 0.241 e. The van der Waals surface area contributed by atoms with Crippen molar-refractivity contribution >= 4 is 11.6 Å². The first-order chi connectivity index (χ1) is 11.3. The monoisotopic (exact) mass is 330 g/mol. The van der Waals surface area contributed by atoms with Crippen LogP contribution >= 0.6 is 11.6 Å². The highest BCUT2D eigenvalue weighted by atomic mass is 35.5. The second-order valence-electron chi connectivity index (χ2n) is 4.92. The predicted octanol–water partition coefficient (Wildman–Crippen LogP) is 4.31. The number of rotatable bonds is 6. The fourth-order valence-electron chi connectivity index (χ4n) is 1.96. The first-order valence-corrected chi connectivity index (χ1v) is 7.70. The summed E-state index contributed by atoms with van der Waals surface area (Å²) in [5, 5.41) is 4.36. The summed E-state index contributed by atoms with van der Waals surface area (Å²) in [6, 6.07) is 7.32. The van der Waals surface area contributed by atoms with E-state index in [1.807, 2.05) is 12.1 Å². The minimum atomic E-state index is 0.316. The van der Waals surface area contributed by atoms with E-state index >= 15 is 0 Å². The van der Waals surface area contributed by atoms with Crippen molar-refractivity contribution in [2.75, 3.05) is 0 Å². The Hall–Kier alpha value is -2.47. The largest absolute Gasteiger partial charge is 0.437 e. The Morgan fingerprint density at radius 1 is 1.22 bits per heavy atom. The molecule has 0 aliphatic heterocycles. The van der Waals surface area contributed by atoms with Gasteiger partial charge in [-0.05, 0) is 30.7 Å². The van der Waals surface area contributed by atoms with Gasteiger partial charge >= 0.3 is 0 Å². The lowest BCUT2D eigenvalue weighted by atomic mass is 10.2. The second-order valence-corrected chi connectivity index (χ2v) is 5.32. The molecule has 7 heteroatoms. The number of halogens is 1. The van der Waals surface area contributed by atoms with Crippen LogP contribution in [0, 0.1) is 0 Å². The summed E-state index contributed by atoms with van der Waals surface area (Å²) in [6.45, 7) is 2.12. The van der Waals surface area contributed by atoms with Crippen molar-refractivity contribution in [3.8, 4) is 23.0 Å². The molecular weight excluding hydrogens is 316 g/mol. The molecule has 0 amide bonds. The van der Waals surface area contributed by atoms with Crippen molar-refractivity contribution in [2.24, 2.45) is 0 Å². The van der Waals surface area contributed by atoms with Crippen LogP contribution in [0.5, 0.6) is 11.6 Å². The van der Waals surface area contributed by atoms with Gasteiger partial charge < -0.3 is 9.26 Å². The average molecular weight is 331 g/mol. The third-order valence-electron chi connectivity index (χ3n) is 3.17. The van der Waals surface area contributed by atoms with Gasteiger partial charge in [-0.25, -0.2) is 9.97 Å². The minimum Gasteiger partial charge on any atom is -0.437 e. The molecule has 1 aromatic carbocycles. The SMILES string of the molecule is CCCCc1nc(-c2ccc(Oc3ncncc3Cl)cc2)no1. The first-order valence-electron chi connectivity index (χ1n) is 7.32. The van der Waals surface area contributed by atoms with Crippen LogP contribution in [0.1, 0.15) is 25.7 Å². The van der Waals surface area contributed by atoms with Crippen LogP contribution in [-0.4, -0.2) is 20.1 Å². The summed E-state index contributed by atoms with van der Waals surface area (Å²) in [5.74, 6) is 2.16. The van der Waals surface area contributed by atoms with Gasteiger partial charge in [0.25, 0.3) is 0 Å². The zero-order valence-corrected chi connectivity index (χ0v) is 13.3. The molecule has 6 nitrogen and oxygen atoms in total. The Balaban J connectivity index is 1.72. The second kappa shape index (κ2) is 7.19. The highest BCUT2D eigenvalue weighted by molar-refractivity contribution is 6.31. The summed E-state index contributed by atoms with van der Waals surface area (Å²) in [4.78, 5) is 12.2. The molecule has 3 aromatic rings. The maximum Gasteiger partial charge on any atom is 0.241 e. The van der Waals surface area contributed by atoms with Gasteiger partial charge in [-0.3, -0.25) is 0 Å². The fourth-order valence-corrected chi connectivity index (χ4v) is 2.11. The van der Waals surface area contributed by atoms with Gasteiger partial charge in [-0.2, -0.15) is 4.98 Å². The highest BCUT2D eigenvalue weighted by Crippen LogP contribution is 2.27. The molecule has 0 bridgehead atoms. The molecule has 0 saturated heterocycles. The van der Waals surface area contributed by atoms with Gasteiger partial charge in [0.2, 0.25) is 17.6 Å². The molecule has 0 radical (unpaired) electrons. The number of nitrogens with zero attached hydrogens (tertiary/aromatic N) is 4. The number of benzene rings is 1. The molecule has 0 N–H and O–H groups in total. The molecule has 0 atom stereocenters. The number of ether oxygens (including phenoxy) is 1. The van der Waals surface area contributed by atoms with Crippen LogP contribution in [0.2, 0.25) is 5.02 Å². The quantitative estimate of drug-likeness (QED) is 0.670. The van der Waals surface area contributed by atoms with Gasteiger partial charge in [0.05, 0.1) is 6.20 Å². The molecule has 118 valence electrons. The Morgan fingerprint density at radius 3 is 2.78 bits per heavy atom. The molecule has 0 spiro atoms. The van der Waals surface area contributed by atoms with E-state index in [2.05, 4.69) is 27.0 Å². The number of hydrogen-bond donors (Lipinski definition) is 0. The van der Waals surface area contributed by atoms with Crippen LogP contribution in [-0.2, 0) is 6.42 Å². The number of aromatic nitrogens is 4. The Kier molecular flexibility index (Phi) is 4.83. The van der Waals surface area contributed by atoms with Crippen molar-refractivity contribution < 1.29 is 9.26 Å². The predicted molar refractivity (Wildman–Crippen MR) is 85.5 cm³/mol. The van der Waals surface area contributed by atoms with Crippen molar-refractivity contribution in [2.45, 2.75) is 26.2 Å². The lowest BCUT2D eigenvalue weighted by Crippen LogP contribution is -1.90. The van der Waals surface area contributed by atoms with Crippen molar-refractivity contribution in [3.05, 3.63) is 47.7 Å². The lowest BCUT2D eigenvalue weighted by molar-refractivity contribution is 0.375. The Bertz CT molecular complexity index is 774. The van der Waals surface area contributed by atoms with Gasteiger partial charge in [0.15, 0.2) is 0 Å². The first kappa shape index (κ1) is 15.4. The summed E-state index contributed by atoms with van der Waals surface area (Å²) >= 11 is 5.96. The van der Waals surface area contributed by atoms with Crippen LogP contribution < -0.4 is 4.74 Å². The van der Waals surface area contributed by atoms with E-state index in [4.69, 9.17) is 20.9 Å². The third-order valence-corrected chi connectivity index (χ3v) is 3.43. The van der Waals surface area contributed by atoms with E-state index in [9.17, 15) is 0 Å². The molecule has 3 rings (SSSR count). The Morgan fingerprint density at radius 2 is 2.04 bits per heavy atom. The third kappa shape index (κ3) is 3.84. The highest BCUT2D eigenvalue weighted by Gasteiger charge is 2.09. The summed E-state index contributed by atoms with van der Waals surface area (Å²) in [5.41, 5.74) is 0.859. The molecule has 0 aliphatic rings.